The van der Waals surface area contributed by atoms with Crippen LogP contribution in [-0.2, 0) is 9.59 Å². The molecule has 8 fully saturated rings. The number of allylic oxidation sites excluding steroid dienone is 2. The zero-order valence-electron chi connectivity index (χ0n) is 49.1. The summed E-state index contributed by atoms with van der Waals surface area (Å²) in [5, 5.41) is 13.4. The minimum Gasteiger partial charge on any atom is -0.356 e. The third-order valence-electron chi connectivity index (χ3n) is 25.1. The number of rotatable bonds is 28. The molecule has 8 nitrogen and oxygen atoms in total. The molecular weight excluding hydrogens is 909 g/mol. The number of hydrogen-bond acceptors (Lipinski definition) is 6. The molecule has 74 heavy (non-hydrogen) atoms. The van der Waals surface area contributed by atoms with Gasteiger partial charge in [-0.3, -0.25) is 9.59 Å². The smallest absolute Gasteiger partial charge is 0.220 e. The second kappa shape index (κ2) is 27.1. The molecule has 424 valence electrons. The fraction of sp³-hybridized carbons (Fsp3) is 0.939. The van der Waals surface area contributed by atoms with Crippen molar-refractivity contribution in [3.05, 3.63) is 12.2 Å². The second-order valence-electron chi connectivity index (χ2n) is 28.9. The quantitative estimate of drug-likeness (QED) is 0.0341. The van der Waals surface area contributed by atoms with Crippen LogP contribution in [-0.4, -0.2) is 64.2 Å². The van der Waals surface area contributed by atoms with Crippen molar-refractivity contribution in [1.29, 1.82) is 0 Å². The number of amides is 2. The SMILES string of the molecule is C[C@H](CCC(=O)NCCCNCCCCN)[C@H]1CC[C@H]2[C@@H]3CC[C@@H]4CC(C/C=C/CC5CC[C@@]6(C)[C@H](CC[C@@H]7[C@@H]6CC[C@]6(C)[C@@H]([C@H](C)CCC(=O)NCCCNCCCCN)CC[C@@H]76)C5)CC[C@]4(C)[C@H]3CC[C@]12C. The third kappa shape index (κ3) is 13.4. The summed E-state index contributed by atoms with van der Waals surface area (Å²) < 4.78 is 0. The first kappa shape index (κ1) is 58.7. The average molecular weight is 1030 g/mol. The first-order valence-corrected chi connectivity index (χ1v) is 32.7. The lowest BCUT2D eigenvalue weighted by molar-refractivity contribution is -0.124. The lowest BCUT2D eigenvalue weighted by Gasteiger charge is -2.61. The molecule has 0 radical (unpaired) electrons. The van der Waals surface area contributed by atoms with E-state index >= 15 is 0 Å². The van der Waals surface area contributed by atoms with Gasteiger partial charge in [-0.2, -0.15) is 0 Å². The van der Waals surface area contributed by atoms with Crippen LogP contribution in [0.5, 0.6) is 0 Å². The Morgan fingerprint density at radius 2 is 0.865 bits per heavy atom. The summed E-state index contributed by atoms with van der Waals surface area (Å²) in [4.78, 5) is 25.7. The van der Waals surface area contributed by atoms with Gasteiger partial charge in [0.2, 0.25) is 11.8 Å². The van der Waals surface area contributed by atoms with E-state index < -0.39 is 0 Å². The Kier molecular flexibility index (Phi) is 21.5. The zero-order valence-corrected chi connectivity index (χ0v) is 49.1. The Morgan fingerprint density at radius 1 is 0.473 bits per heavy atom. The maximum atomic E-state index is 12.9. The summed E-state index contributed by atoms with van der Waals surface area (Å²) >= 11 is 0. The van der Waals surface area contributed by atoms with Crippen molar-refractivity contribution in [3.63, 3.8) is 0 Å². The highest BCUT2D eigenvalue weighted by Crippen LogP contribution is 2.70. The van der Waals surface area contributed by atoms with E-state index in [1.54, 1.807) is 0 Å². The van der Waals surface area contributed by atoms with Gasteiger partial charge in [-0.05, 0) is 324 Å². The lowest BCUT2D eigenvalue weighted by Crippen LogP contribution is -2.53. The fourth-order valence-electron chi connectivity index (χ4n) is 20.9. The predicted molar refractivity (Wildman–Crippen MR) is 310 cm³/mol. The molecule has 0 bridgehead atoms. The molecule has 8 N–H and O–H groups in total. The summed E-state index contributed by atoms with van der Waals surface area (Å²) in [5.74, 6) is 12.5. The molecule has 8 saturated carbocycles. The molecule has 8 heteroatoms. The van der Waals surface area contributed by atoms with E-state index in [9.17, 15) is 9.59 Å². The second-order valence-corrected chi connectivity index (χ2v) is 28.9. The van der Waals surface area contributed by atoms with Gasteiger partial charge in [0.05, 0.1) is 0 Å². The number of nitrogens with two attached hydrogens (primary N) is 2. The van der Waals surface area contributed by atoms with Gasteiger partial charge in [0.15, 0.2) is 0 Å². The summed E-state index contributed by atoms with van der Waals surface area (Å²) in [6, 6.07) is 0. The van der Waals surface area contributed by atoms with Gasteiger partial charge in [-0.25, -0.2) is 0 Å². The lowest BCUT2D eigenvalue weighted by atomic mass is 9.44. The number of unbranched alkanes of at least 4 members (excludes halogenated alkanes) is 2. The van der Waals surface area contributed by atoms with Crippen molar-refractivity contribution in [1.82, 2.24) is 21.3 Å². The minimum atomic E-state index is 0.257. The zero-order chi connectivity index (χ0) is 52.4. The van der Waals surface area contributed by atoms with Crippen molar-refractivity contribution in [3.8, 4) is 0 Å². The Bertz CT molecular complexity index is 1650. The minimum absolute atomic E-state index is 0.257. The molecule has 0 aliphatic heterocycles. The van der Waals surface area contributed by atoms with E-state index in [1.165, 1.54) is 128 Å². The molecule has 2 amide bonds. The van der Waals surface area contributed by atoms with Gasteiger partial charge >= 0.3 is 0 Å². The van der Waals surface area contributed by atoms with Crippen molar-refractivity contribution < 1.29 is 9.59 Å². The summed E-state index contributed by atoms with van der Waals surface area (Å²) in [7, 11) is 0. The van der Waals surface area contributed by atoms with E-state index in [1.807, 2.05) is 0 Å². The number of carbonyl (C=O) groups is 2. The molecule has 0 spiro atoms. The summed E-state index contributed by atoms with van der Waals surface area (Å²) in [6.07, 6.45) is 44.1. The largest absolute Gasteiger partial charge is 0.356 e. The van der Waals surface area contributed by atoms with Crippen LogP contribution >= 0.6 is 0 Å². The van der Waals surface area contributed by atoms with Gasteiger partial charge < -0.3 is 32.7 Å². The standard InChI is InChI=1S/C66H118N6O2/c1-47(17-27-61(73)71-43-13-41-69-39-11-9-37-67)55-23-25-57-53-21-19-51-45-49(29-33-63(51,3)59(53)31-35-65(55,57)5)15-7-8-16-50-30-34-64(4)52(46-50)20-22-54-58-26-24-56(66(58,6)36-32-60(54)64)48(2)18-28-62(74)72-44-14-42-70-40-12-10-38-68/h7-8,47-60,69-70H,9-46,67-68H2,1-6H3,(H,71,73)(H,72,74)/b8-7+/t47-,48-,49?,50?,51-,52-,53+,54+,55-,56-,57+,58+,59+,60+,63+,64+,65-,66-/m1/s1. The van der Waals surface area contributed by atoms with Crippen LogP contribution < -0.4 is 32.7 Å². The molecule has 2 unspecified atom stereocenters. The Hall–Kier alpha value is -1.48. The van der Waals surface area contributed by atoms with Crippen LogP contribution in [0.1, 0.15) is 234 Å². The molecule has 8 rings (SSSR count). The van der Waals surface area contributed by atoms with Crippen molar-refractivity contribution >= 4 is 11.8 Å². The first-order valence-electron chi connectivity index (χ1n) is 32.7. The molecule has 0 saturated heterocycles. The van der Waals surface area contributed by atoms with E-state index in [-0.39, 0.29) is 11.8 Å². The number of carbonyl (C=O) groups excluding carboxylic acids is 2. The van der Waals surface area contributed by atoms with Gasteiger partial charge in [-0.1, -0.05) is 53.7 Å². The van der Waals surface area contributed by atoms with Crippen LogP contribution in [0.2, 0.25) is 0 Å². The monoisotopic (exact) mass is 1030 g/mol. The maximum absolute atomic E-state index is 12.9. The highest BCUT2D eigenvalue weighted by atomic mass is 16.2. The maximum Gasteiger partial charge on any atom is 0.220 e. The Balaban J connectivity index is 0.724. The van der Waals surface area contributed by atoms with Crippen molar-refractivity contribution in [2.24, 2.45) is 116 Å². The number of nitrogens with one attached hydrogen (secondary N) is 4. The molecule has 0 aromatic heterocycles. The topological polar surface area (TPSA) is 134 Å². The van der Waals surface area contributed by atoms with Crippen molar-refractivity contribution in [2.75, 3.05) is 52.4 Å². The molecule has 0 aromatic carbocycles. The Morgan fingerprint density at radius 3 is 1.28 bits per heavy atom. The molecule has 18 atom stereocenters. The van der Waals surface area contributed by atoms with Crippen LogP contribution in [0.4, 0.5) is 0 Å². The normalized spacial score (nSPS) is 40.3. The summed E-state index contributed by atoms with van der Waals surface area (Å²) in [6.45, 7) is 23.0. The molecule has 0 aromatic rings. The van der Waals surface area contributed by atoms with Gasteiger partial charge in [0.1, 0.15) is 0 Å². The first-order chi connectivity index (χ1) is 35.7. The van der Waals surface area contributed by atoms with E-state index in [0.717, 1.165) is 175 Å². The average Bonchev–Trinajstić information content (AvgIpc) is 3.95. The Labute approximate surface area is 455 Å². The third-order valence-corrected chi connectivity index (χ3v) is 25.1. The fourth-order valence-corrected chi connectivity index (χ4v) is 20.9. The predicted octanol–water partition coefficient (Wildman–Crippen LogP) is 13.4. The summed E-state index contributed by atoms with van der Waals surface area (Å²) in [5.41, 5.74) is 13.3. The molecular formula is C66H118N6O2. The van der Waals surface area contributed by atoms with Crippen LogP contribution in [0.3, 0.4) is 0 Å². The van der Waals surface area contributed by atoms with E-state index in [2.05, 4.69) is 75.0 Å². The highest BCUT2D eigenvalue weighted by molar-refractivity contribution is 5.76. The van der Waals surface area contributed by atoms with Gasteiger partial charge in [0.25, 0.3) is 0 Å². The highest BCUT2D eigenvalue weighted by Gasteiger charge is 2.62. The van der Waals surface area contributed by atoms with Crippen molar-refractivity contribution in [2.45, 2.75) is 234 Å². The van der Waals surface area contributed by atoms with Gasteiger partial charge in [0, 0.05) is 25.9 Å². The number of hydrogen-bond donors (Lipinski definition) is 6. The van der Waals surface area contributed by atoms with E-state index in [0.29, 0.717) is 46.3 Å². The van der Waals surface area contributed by atoms with Gasteiger partial charge in [-0.15, -0.1) is 0 Å². The molecule has 0 heterocycles. The van der Waals surface area contributed by atoms with Crippen LogP contribution in [0.15, 0.2) is 12.2 Å². The van der Waals surface area contributed by atoms with Crippen LogP contribution in [0, 0.1) is 105 Å². The van der Waals surface area contributed by atoms with E-state index in [4.69, 9.17) is 11.5 Å². The molecule has 8 aliphatic rings. The van der Waals surface area contributed by atoms with Crippen LogP contribution in [0.25, 0.3) is 0 Å². The molecule has 8 aliphatic carbocycles. The number of fused-ring (bicyclic) bond motifs is 10.